The summed E-state index contributed by atoms with van der Waals surface area (Å²) in [5, 5.41) is 83.2. The molecule has 240 valence electrons. The van der Waals surface area contributed by atoms with Gasteiger partial charge in [-0.05, 0) is 18.9 Å². The molecule has 3 unspecified atom stereocenters. The summed E-state index contributed by atoms with van der Waals surface area (Å²) in [7, 11) is 0. The zero-order chi connectivity index (χ0) is 31.5. The van der Waals surface area contributed by atoms with Crippen LogP contribution in [0.15, 0.2) is 5.11 Å². The Kier molecular flexibility index (Phi) is 11.5. The van der Waals surface area contributed by atoms with Crippen molar-refractivity contribution in [3.05, 3.63) is 10.4 Å². The molecular weight excluding hydrogens is 566 g/mol. The molecule has 3 aliphatic rings. The summed E-state index contributed by atoms with van der Waals surface area (Å²) in [6, 6.07) is -2.80. The van der Waals surface area contributed by atoms with Gasteiger partial charge >= 0.3 is 0 Å². The first-order valence-corrected chi connectivity index (χ1v) is 13.6. The Hall–Kier alpha value is -2.19. The average Bonchev–Trinajstić information content (AvgIpc) is 3.16. The quantitative estimate of drug-likeness (QED) is 0.0653. The van der Waals surface area contributed by atoms with Crippen molar-refractivity contribution in [1.82, 2.24) is 10.6 Å². The van der Waals surface area contributed by atoms with Crippen LogP contribution in [-0.2, 0) is 28.5 Å². The molecule has 2 saturated heterocycles. The number of carbonyl (C=O) groups is 2. The van der Waals surface area contributed by atoms with Crippen molar-refractivity contribution in [1.29, 1.82) is 0 Å². The van der Waals surface area contributed by atoms with Crippen LogP contribution in [0.4, 0.5) is 0 Å². The molecule has 0 bridgehead atoms. The molecule has 1 aliphatic carbocycles. The normalized spacial score (nSPS) is 45.6. The smallest absolute Gasteiger partial charge is 0.217 e. The molecule has 3 rings (SSSR count). The number of amides is 2. The lowest BCUT2D eigenvalue weighted by Crippen LogP contribution is -2.72. The number of ether oxygens (including phenoxy) is 4. The van der Waals surface area contributed by atoms with E-state index in [9.17, 15) is 45.3 Å². The van der Waals surface area contributed by atoms with E-state index in [1.165, 1.54) is 6.92 Å². The first-order valence-electron chi connectivity index (χ1n) is 13.6. The SMILES string of the molecule is CC[C@@H]1[C@@H](O[C@H]2[C@H](O[C@@H]3C(O)[C@@H](O)C(NC(C)=O)[C@H](O)[C@@H]3NC(C)=O)O[C@@H](C)[C@]2(O)CN=[N+]=[N-])O[C@@H](CO)C(O)[C@@H]1O. The Balaban J connectivity index is 1.98. The average molecular weight is 608 g/mol. The van der Waals surface area contributed by atoms with Gasteiger partial charge in [-0.3, -0.25) is 9.59 Å². The van der Waals surface area contributed by atoms with E-state index >= 15 is 0 Å². The Labute approximate surface area is 241 Å². The topological polar surface area (TPSA) is 285 Å². The molecule has 3 fully saturated rings. The molecule has 0 aromatic rings. The van der Waals surface area contributed by atoms with Crippen molar-refractivity contribution < 1.29 is 64.3 Å². The molecule has 2 aliphatic heterocycles. The van der Waals surface area contributed by atoms with Gasteiger partial charge in [0.05, 0.1) is 43.5 Å². The monoisotopic (exact) mass is 607 g/mol. The van der Waals surface area contributed by atoms with E-state index in [2.05, 4.69) is 20.7 Å². The molecule has 0 aromatic carbocycles. The molecule has 0 radical (unpaired) electrons. The molecular formula is C24H41N5O13. The van der Waals surface area contributed by atoms with Gasteiger partial charge in [0.25, 0.3) is 0 Å². The van der Waals surface area contributed by atoms with Crippen LogP contribution in [0.3, 0.4) is 0 Å². The van der Waals surface area contributed by atoms with Crippen LogP contribution < -0.4 is 10.6 Å². The van der Waals surface area contributed by atoms with E-state index in [1.807, 2.05) is 0 Å². The number of hydrogen-bond acceptors (Lipinski definition) is 14. The summed E-state index contributed by atoms with van der Waals surface area (Å²) in [6.07, 6.45) is -16.4. The van der Waals surface area contributed by atoms with Crippen LogP contribution in [-0.4, -0.2) is 146 Å². The molecule has 1 saturated carbocycles. The van der Waals surface area contributed by atoms with Crippen LogP contribution in [0, 0.1) is 5.92 Å². The predicted octanol–water partition coefficient (Wildman–Crippen LogP) is -3.89. The van der Waals surface area contributed by atoms with Crippen molar-refractivity contribution >= 4 is 11.8 Å². The first-order chi connectivity index (χ1) is 19.7. The second-order valence-electron chi connectivity index (χ2n) is 10.9. The van der Waals surface area contributed by atoms with Gasteiger partial charge < -0.3 is 65.3 Å². The second-order valence-corrected chi connectivity index (χ2v) is 10.9. The standard InChI is InChI=1S/C24H41N5O13/c1-5-11-15(33)16(34)12(6-30)40-22(11)42-21-23(39-8(2)24(21,38)7-26-29-25)41-20-14(28-10(4)32)17(35)13(27-9(3)31)18(36)19(20)37/h8,11-23,30,33-38H,5-7H2,1-4H3,(H,27,31)(H,28,32)/t8-,11-,12-,13?,14-,15+,16?,17-,18-,19?,20-,21-,22+,23-,24+/m0/s1. The largest absolute Gasteiger partial charge is 0.394 e. The second kappa shape index (κ2) is 14.1. The number of nitrogens with zero attached hydrogens (tertiary/aromatic N) is 3. The number of nitrogens with one attached hydrogen (secondary N) is 2. The van der Waals surface area contributed by atoms with E-state index in [1.54, 1.807) is 6.92 Å². The number of carbonyl (C=O) groups excluding carboxylic acids is 2. The fourth-order valence-electron chi connectivity index (χ4n) is 5.72. The number of hydrogen-bond donors (Lipinski definition) is 9. The highest BCUT2D eigenvalue weighted by molar-refractivity contribution is 5.74. The molecule has 18 nitrogen and oxygen atoms in total. The minimum Gasteiger partial charge on any atom is -0.394 e. The Morgan fingerprint density at radius 1 is 0.929 bits per heavy atom. The van der Waals surface area contributed by atoms with E-state index in [-0.39, 0.29) is 6.42 Å². The highest BCUT2D eigenvalue weighted by Crippen LogP contribution is 2.40. The molecule has 9 N–H and O–H groups in total. The van der Waals surface area contributed by atoms with Crippen LogP contribution in [0.25, 0.3) is 10.4 Å². The van der Waals surface area contributed by atoms with Crippen LogP contribution in [0.2, 0.25) is 0 Å². The van der Waals surface area contributed by atoms with E-state index < -0.39 is 116 Å². The maximum absolute atomic E-state index is 12.0. The summed E-state index contributed by atoms with van der Waals surface area (Å²) in [5.41, 5.74) is 6.84. The number of rotatable bonds is 10. The van der Waals surface area contributed by atoms with E-state index in [0.717, 1.165) is 13.8 Å². The minimum atomic E-state index is -2.09. The maximum Gasteiger partial charge on any atom is 0.217 e. The molecule has 2 amide bonds. The fourth-order valence-corrected chi connectivity index (χ4v) is 5.72. The maximum atomic E-state index is 12.0. The Morgan fingerprint density at radius 3 is 2.10 bits per heavy atom. The zero-order valence-corrected chi connectivity index (χ0v) is 23.6. The number of aliphatic hydroxyl groups excluding tert-OH is 6. The molecule has 42 heavy (non-hydrogen) atoms. The molecule has 0 aromatic heterocycles. The van der Waals surface area contributed by atoms with Gasteiger partial charge in [-0.2, -0.15) is 0 Å². The highest BCUT2D eigenvalue weighted by atomic mass is 16.8. The van der Waals surface area contributed by atoms with Crippen LogP contribution in [0.5, 0.6) is 0 Å². The summed E-state index contributed by atoms with van der Waals surface area (Å²) in [5.74, 6) is -2.13. The van der Waals surface area contributed by atoms with Crippen LogP contribution >= 0.6 is 0 Å². The van der Waals surface area contributed by atoms with Gasteiger partial charge in [0.1, 0.15) is 42.2 Å². The third kappa shape index (κ3) is 6.80. The summed E-state index contributed by atoms with van der Waals surface area (Å²) >= 11 is 0. The van der Waals surface area contributed by atoms with Crippen molar-refractivity contribution in [3.8, 4) is 0 Å². The molecule has 15 atom stereocenters. The lowest BCUT2D eigenvalue weighted by molar-refractivity contribution is -0.327. The van der Waals surface area contributed by atoms with Gasteiger partial charge in [-0.15, -0.1) is 0 Å². The van der Waals surface area contributed by atoms with Crippen LogP contribution in [0.1, 0.15) is 34.1 Å². The number of azide groups is 1. The zero-order valence-electron chi connectivity index (χ0n) is 23.6. The summed E-state index contributed by atoms with van der Waals surface area (Å²) in [4.78, 5) is 26.4. The predicted molar refractivity (Wildman–Crippen MR) is 138 cm³/mol. The van der Waals surface area contributed by atoms with Gasteiger partial charge in [0, 0.05) is 24.7 Å². The van der Waals surface area contributed by atoms with Gasteiger partial charge in [0.15, 0.2) is 12.6 Å². The fraction of sp³-hybridized carbons (Fsp3) is 0.917. The molecule has 18 heteroatoms. The first kappa shape index (κ1) is 34.3. The van der Waals surface area contributed by atoms with Crippen molar-refractivity contribution in [2.75, 3.05) is 13.2 Å². The third-order valence-corrected chi connectivity index (χ3v) is 8.10. The van der Waals surface area contributed by atoms with Crippen molar-refractivity contribution in [3.63, 3.8) is 0 Å². The van der Waals surface area contributed by atoms with E-state index in [4.69, 9.17) is 24.5 Å². The van der Waals surface area contributed by atoms with Crippen molar-refractivity contribution in [2.24, 2.45) is 11.0 Å². The minimum absolute atomic E-state index is 0.222. The Morgan fingerprint density at radius 2 is 1.55 bits per heavy atom. The highest BCUT2D eigenvalue weighted by Gasteiger charge is 2.60. The third-order valence-electron chi connectivity index (χ3n) is 8.10. The van der Waals surface area contributed by atoms with Gasteiger partial charge in [-0.25, -0.2) is 0 Å². The summed E-state index contributed by atoms with van der Waals surface area (Å²) in [6.45, 7) is 4.10. The number of aliphatic hydroxyl groups is 7. The molecule has 0 spiro atoms. The van der Waals surface area contributed by atoms with E-state index in [0.29, 0.717) is 0 Å². The van der Waals surface area contributed by atoms with Gasteiger partial charge in [0.2, 0.25) is 11.8 Å². The van der Waals surface area contributed by atoms with Gasteiger partial charge in [-0.1, -0.05) is 12.0 Å². The Bertz CT molecular complexity index is 1000. The lowest BCUT2D eigenvalue weighted by Gasteiger charge is -2.47. The molecule has 2 heterocycles. The van der Waals surface area contributed by atoms with Crippen molar-refractivity contribution in [2.45, 2.75) is 119 Å². The summed E-state index contributed by atoms with van der Waals surface area (Å²) < 4.78 is 23.6. The lowest BCUT2D eigenvalue weighted by atomic mass is 9.81.